The lowest BCUT2D eigenvalue weighted by atomic mass is 9.70. The standard InChI is InChI=1S/C72H102O12/c1-61(2)37-19-25-67(61,13)43(31-37)79-55(73)49-50(56(74)80-44-32-38-20-26-68(44,14)62(38,3)4)52(58(76)82-46-34-40-22-28-70(46,16)64(40,7)8)54(60(78)84-48-36-42-24-30-72(48,18)66(42,11)12)53(59(77)83-47-35-41-23-29-71(47,17)65(41,9)10)51(49)57(75)81-45-33-39-21-27-69(45,15)63(39,5)6/h37-48H,19-36H2,1-18H3/t37-,38-,39-,40-,41-,42-,43+,44+,45+,46+,47+,48?,67+,68+,69+,70+,71+,72+/m0/s1. The van der Waals surface area contributed by atoms with Crippen LogP contribution in [0.5, 0.6) is 0 Å². The third-order valence-electron chi connectivity index (χ3n) is 32.5. The van der Waals surface area contributed by atoms with Crippen LogP contribution < -0.4 is 0 Å². The molecule has 0 aromatic heterocycles. The van der Waals surface area contributed by atoms with Crippen LogP contribution in [0.3, 0.4) is 0 Å². The van der Waals surface area contributed by atoms with E-state index in [4.69, 9.17) is 28.4 Å². The number of carbonyl (C=O) groups is 6. The van der Waals surface area contributed by atoms with Crippen molar-refractivity contribution in [3.8, 4) is 0 Å². The molecular formula is C72H102O12. The Morgan fingerprint density at radius 2 is 0.357 bits per heavy atom. The van der Waals surface area contributed by atoms with Crippen LogP contribution in [0.4, 0.5) is 0 Å². The summed E-state index contributed by atoms with van der Waals surface area (Å²) in [6.07, 6.45) is 9.75. The van der Waals surface area contributed by atoms with E-state index in [9.17, 15) is 0 Å². The maximum Gasteiger partial charge on any atom is 0.340 e. The number of fused-ring (bicyclic) bond motifs is 12. The Bertz CT molecular complexity index is 2530. The minimum atomic E-state index is -1.06. The number of hydrogen-bond donors (Lipinski definition) is 0. The van der Waals surface area contributed by atoms with Crippen LogP contribution in [0.1, 0.15) is 302 Å². The van der Waals surface area contributed by atoms with Crippen molar-refractivity contribution >= 4 is 35.8 Å². The molecular weight excluding hydrogens is 1060 g/mol. The molecule has 1 aromatic carbocycles. The summed E-state index contributed by atoms with van der Waals surface area (Å²) in [5.74, 6) is -5.01. The van der Waals surface area contributed by atoms with Crippen LogP contribution in [0.2, 0.25) is 0 Å². The molecule has 13 rings (SSSR count). The molecule has 0 N–H and O–H groups in total. The molecule has 12 aliphatic rings. The summed E-state index contributed by atoms with van der Waals surface area (Å²) >= 11 is 0. The maximum atomic E-state index is 16.6. The van der Waals surface area contributed by atoms with Crippen LogP contribution in [0.25, 0.3) is 0 Å². The first-order valence-corrected chi connectivity index (χ1v) is 33.3. The number of hydrogen-bond acceptors (Lipinski definition) is 12. The van der Waals surface area contributed by atoms with Crippen molar-refractivity contribution in [3.63, 3.8) is 0 Å². The molecule has 12 heteroatoms. The number of rotatable bonds is 12. The van der Waals surface area contributed by atoms with E-state index in [1.807, 2.05) is 0 Å². The lowest BCUT2D eigenvalue weighted by Crippen LogP contribution is -2.43. The molecule has 0 radical (unpaired) electrons. The maximum absolute atomic E-state index is 16.6. The largest absolute Gasteiger partial charge is 0.458 e. The summed E-state index contributed by atoms with van der Waals surface area (Å²) in [6, 6.07) is 0. The summed E-state index contributed by atoms with van der Waals surface area (Å²) in [4.78, 5) is 99.4. The van der Waals surface area contributed by atoms with Crippen molar-refractivity contribution in [1.29, 1.82) is 0 Å². The highest BCUT2D eigenvalue weighted by Gasteiger charge is 2.69. The summed E-state index contributed by atoms with van der Waals surface area (Å²) in [6.45, 7) is 39.5. The number of carbonyl (C=O) groups excluding carboxylic acids is 6. The fraction of sp³-hybridized carbons (Fsp3) is 0.833. The Hall–Kier alpha value is -3.96. The van der Waals surface area contributed by atoms with Gasteiger partial charge < -0.3 is 28.4 Å². The second-order valence-corrected chi connectivity index (χ2v) is 35.3. The highest BCUT2D eigenvalue weighted by molar-refractivity contribution is 6.24. The molecule has 0 saturated heterocycles. The van der Waals surface area contributed by atoms with Gasteiger partial charge in [0.15, 0.2) is 0 Å². The predicted molar refractivity (Wildman–Crippen MR) is 317 cm³/mol. The van der Waals surface area contributed by atoms with Crippen LogP contribution in [0.15, 0.2) is 0 Å². The van der Waals surface area contributed by atoms with E-state index < -0.39 is 138 Å². The molecule has 0 amide bonds. The summed E-state index contributed by atoms with van der Waals surface area (Å²) in [7, 11) is 0. The van der Waals surface area contributed by atoms with Crippen molar-refractivity contribution in [1.82, 2.24) is 0 Å². The summed E-state index contributed by atoms with van der Waals surface area (Å²) in [5.41, 5.74) is -8.02. The quantitative estimate of drug-likeness (QED) is 0.144. The van der Waals surface area contributed by atoms with Gasteiger partial charge in [-0.25, -0.2) is 28.8 Å². The zero-order valence-corrected chi connectivity index (χ0v) is 54.6. The molecule has 462 valence electrons. The van der Waals surface area contributed by atoms with Gasteiger partial charge in [0.25, 0.3) is 0 Å². The molecule has 1 aromatic rings. The minimum Gasteiger partial charge on any atom is -0.458 e. The Morgan fingerprint density at radius 1 is 0.238 bits per heavy atom. The fourth-order valence-electron chi connectivity index (χ4n) is 23.0. The van der Waals surface area contributed by atoms with E-state index >= 15 is 28.8 Å². The SMILES string of the molecule is CC1(C)[C@H]2CC[C@]1(C)C(OC(=O)c1c(C(=O)O[C@@H]3C[C@@H]4CC[C@@]3(C)C4(C)C)c(C(=O)O[C@@H]3C[C@@H]4CC[C@@]3(C)C4(C)C)c(C(=O)O[C@@H]3C[C@@H]4CC[C@@]3(C)C4(C)C)c(C(=O)O[C@@H]3C[C@@H]4CC[C@@]3(C)C4(C)C)c1C(=O)O[C@@H]1C[C@@H]3CC[C@@]1(C)C3(C)C)C2. The van der Waals surface area contributed by atoms with Gasteiger partial charge in [0.1, 0.15) is 36.6 Å². The van der Waals surface area contributed by atoms with Crippen molar-refractivity contribution in [2.24, 2.45) is 100 Å². The third kappa shape index (κ3) is 7.18. The van der Waals surface area contributed by atoms with E-state index in [1.54, 1.807) is 0 Å². The van der Waals surface area contributed by atoms with Gasteiger partial charge in [-0.15, -0.1) is 0 Å². The monoisotopic (exact) mass is 1160 g/mol. The van der Waals surface area contributed by atoms with E-state index in [-0.39, 0.29) is 68.0 Å². The molecule has 12 nitrogen and oxygen atoms in total. The average molecular weight is 1160 g/mol. The van der Waals surface area contributed by atoms with Crippen LogP contribution in [-0.4, -0.2) is 72.4 Å². The van der Waals surface area contributed by atoms with Crippen molar-refractivity contribution in [2.45, 2.75) is 277 Å². The lowest BCUT2D eigenvalue weighted by molar-refractivity contribution is -0.0322. The Morgan fingerprint density at radius 3 is 0.440 bits per heavy atom. The minimum absolute atomic E-state index is 0.226. The molecule has 0 aliphatic heterocycles. The highest BCUT2D eigenvalue weighted by atomic mass is 16.6. The van der Waals surface area contributed by atoms with Gasteiger partial charge in [-0.05, 0) is 184 Å². The van der Waals surface area contributed by atoms with E-state index in [0.29, 0.717) is 38.5 Å². The zero-order valence-electron chi connectivity index (χ0n) is 54.6. The number of benzene rings is 1. The molecule has 12 bridgehead atoms. The molecule has 1 unspecified atom stereocenters. The summed E-state index contributed by atoms with van der Waals surface area (Å²) in [5, 5.41) is 0. The second-order valence-electron chi connectivity index (χ2n) is 35.3. The molecule has 18 atom stereocenters. The molecule has 0 heterocycles. The van der Waals surface area contributed by atoms with Crippen LogP contribution in [-0.2, 0) is 28.4 Å². The van der Waals surface area contributed by atoms with Gasteiger partial charge in [-0.1, -0.05) is 125 Å². The number of esters is 6. The van der Waals surface area contributed by atoms with E-state index in [0.717, 1.165) is 77.0 Å². The highest BCUT2D eigenvalue weighted by Crippen LogP contribution is 2.72. The van der Waals surface area contributed by atoms with Crippen LogP contribution >= 0.6 is 0 Å². The fourth-order valence-corrected chi connectivity index (χ4v) is 23.0. The molecule has 12 aliphatic carbocycles. The topological polar surface area (TPSA) is 158 Å². The molecule has 12 saturated carbocycles. The Kier molecular flexibility index (Phi) is 12.6. The van der Waals surface area contributed by atoms with Gasteiger partial charge in [0, 0.05) is 32.5 Å². The zero-order chi connectivity index (χ0) is 60.8. The third-order valence-corrected chi connectivity index (χ3v) is 32.5. The lowest BCUT2D eigenvalue weighted by Gasteiger charge is -2.40. The number of ether oxygens (including phenoxy) is 6. The second kappa shape index (κ2) is 17.9. The van der Waals surface area contributed by atoms with Gasteiger partial charge in [-0.3, -0.25) is 0 Å². The molecule has 84 heavy (non-hydrogen) atoms. The smallest absolute Gasteiger partial charge is 0.340 e. The van der Waals surface area contributed by atoms with Gasteiger partial charge >= 0.3 is 35.8 Å². The van der Waals surface area contributed by atoms with Gasteiger partial charge in [-0.2, -0.15) is 0 Å². The van der Waals surface area contributed by atoms with Crippen molar-refractivity contribution in [3.05, 3.63) is 33.4 Å². The van der Waals surface area contributed by atoms with Gasteiger partial charge in [0.2, 0.25) is 0 Å². The molecule has 0 spiro atoms. The summed E-state index contributed by atoms with van der Waals surface area (Å²) < 4.78 is 41.4. The van der Waals surface area contributed by atoms with E-state index in [1.165, 1.54) is 0 Å². The first kappa shape index (κ1) is 59.0. The average Bonchev–Trinajstić information content (AvgIpc) is 1.34. The Balaban J connectivity index is 1.08. The normalized spacial score (nSPS) is 45.1. The first-order chi connectivity index (χ1) is 38.8. The van der Waals surface area contributed by atoms with Gasteiger partial charge in [0.05, 0.1) is 33.4 Å². The van der Waals surface area contributed by atoms with E-state index in [2.05, 4.69) is 125 Å². The van der Waals surface area contributed by atoms with Crippen LogP contribution in [0, 0.1) is 100 Å². The predicted octanol–water partition coefficient (Wildman–Crippen LogP) is 15.9. The van der Waals surface area contributed by atoms with Crippen molar-refractivity contribution in [2.75, 3.05) is 0 Å². The Labute approximate surface area is 501 Å². The molecule has 12 fully saturated rings. The first-order valence-electron chi connectivity index (χ1n) is 33.3. The van der Waals surface area contributed by atoms with Crippen molar-refractivity contribution < 1.29 is 57.2 Å².